The van der Waals surface area contributed by atoms with E-state index in [1.54, 1.807) is 20.8 Å². The Morgan fingerprint density at radius 1 is 0.667 bits per heavy atom. The number of hydroxylamine groups is 1. The molecule has 0 bridgehead atoms. The third kappa shape index (κ3) is 20.7. The van der Waals surface area contributed by atoms with E-state index in [0.717, 1.165) is 0 Å². The first kappa shape index (κ1) is 25.6. The molecule has 0 aromatic carbocycles. The Labute approximate surface area is 161 Å². The van der Waals surface area contributed by atoms with Gasteiger partial charge < -0.3 is 23.7 Å². The average Bonchev–Trinajstić information content (AvgIpc) is 2.48. The predicted octanol–water partition coefficient (Wildman–Crippen LogP) is 2.22. The molecule has 0 aromatic rings. The quantitative estimate of drug-likeness (QED) is 0.289. The zero-order valence-electron chi connectivity index (χ0n) is 17.4. The summed E-state index contributed by atoms with van der Waals surface area (Å²) >= 11 is 0. The highest BCUT2D eigenvalue weighted by Gasteiger charge is 2.16. The number of esters is 1. The largest absolute Gasteiger partial charge is 0.460 e. The van der Waals surface area contributed by atoms with E-state index in [9.17, 15) is 9.59 Å². The molecule has 160 valence electrons. The number of hydrogen-bond donors (Lipinski definition) is 1. The van der Waals surface area contributed by atoms with Gasteiger partial charge in [-0.2, -0.15) is 5.48 Å². The Hall–Kier alpha value is -1.42. The van der Waals surface area contributed by atoms with Crippen molar-refractivity contribution in [2.75, 3.05) is 46.2 Å². The first-order valence-electron chi connectivity index (χ1n) is 9.05. The summed E-state index contributed by atoms with van der Waals surface area (Å²) in [7, 11) is 0. The monoisotopic (exact) mass is 393 g/mol. The fourth-order valence-corrected chi connectivity index (χ4v) is 1.60. The summed E-state index contributed by atoms with van der Waals surface area (Å²) < 4.78 is 26.1. The number of carbonyl (C=O) groups is 2. The summed E-state index contributed by atoms with van der Waals surface area (Å²) in [6.45, 7) is 13.2. The molecule has 0 rings (SSSR count). The standard InChI is InChI=1S/C18H35NO8/c1-17(2,3)26-15(20)7-8-22-9-10-23-11-12-24-13-14-25-19-16(21)27-18(4,5)6/h7-14H2,1-6H3,(H,19,21). The van der Waals surface area contributed by atoms with Crippen molar-refractivity contribution in [2.45, 2.75) is 59.2 Å². The normalized spacial score (nSPS) is 11.9. The summed E-state index contributed by atoms with van der Waals surface area (Å²) in [5, 5.41) is 0. The second-order valence-corrected chi connectivity index (χ2v) is 7.63. The Bertz CT molecular complexity index is 377. The van der Waals surface area contributed by atoms with Gasteiger partial charge in [0.15, 0.2) is 0 Å². The van der Waals surface area contributed by atoms with E-state index in [-0.39, 0.29) is 19.0 Å². The van der Waals surface area contributed by atoms with Crippen LogP contribution < -0.4 is 5.48 Å². The van der Waals surface area contributed by atoms with Crippen LogP contribution in [0.15, 0.2) is 0 Å². The highest BCUT2D eigenvalue weighted by Crippen LogP contribution is 2.08. The van der Waals surface area contributed by atoms with Gasteiger partial charge in [-0.1, -0.05) is 0 Å². The van der Waals surface area contributed by atoms with Crippen molar-refractivity contribution >= 4 is 12.1 Å². The molecule has 0 unspecified atom stereocenters. The maximum atomic E-state index is 11.4. The fraction of sp³-hybridized carbons (Fsp3) is 0.889. The van der Waals surface area contributed by atoms with Gasteiger partial charge in [0.25, 0.3) is 0 Å². The number of nitrogens with one attached hydrogen (secondary N) is 1. The van der Waals surface area contributed by atoms with Crippen LogP contribution in [0.1, 0.15) is 48.0 Å². The Balaban J connectivity index is 3.30. The number of ether oxygens (including phenoxy) is 5. The molecular formula is C18H35NO8. The van der Waals surface area contributed by atoms with Crippen LogP contribution in [-0.2, 0) is 33.3 Å². The molecule has 27 heavy (non-hydrogen) atoms. The van der Waals surface area contributed by atoms with Gasteiger partial charge in [-0.05, 0) is 41.5 Å². The van der Waals surface area contributed by atoms with E-state index in [0.29, 0.717) is 39.6 Å². The van der Waals surface area contributed by atoms with E-state index < -0.39 is 17.3 Å². The topological polar surface area (TPSA) is 102 Å². The van der Waals surface area contributed by atoms with Crippen LogP contribution >= 0.6 is 0 Å². The van der Waals surface area contributed by atoms with Gasteiger partial charge in [-0.3, -0.25) is 9.63 Å². The highest BCUT2D eigenvalue weighted by atomic mass is 16.7. The van der Waals surface area contributed by atoms with Crippen molar-refractivity contribution in [1.29, 1.82) is 0 Å². The molecule has 1 amide bonds. The van der Waals surface area contributed by atoms with E-state index in [4.69, 9.17) is 28.5 Å². The lowest BCUT2D eigenvalue weighted by atomic mass is 10.2. The van der Waals surface area contributed by atoms with E-state index in [1.165, 1.54) is 0 Å². The molecule has 9 heteroatoms. The molecule has 0 radical (unpaired) electrons. The van der Waals surface area contributed by atoms with Crippen molar-refractivity contribution < 1.29 is 38.1 Å². The Morgan fingerprint density at radius 3 is 1.59 bits per heavy atom. The summed E-state index contributed by atoms with van der Waals surface area (Å²) in [6, 6.07) is 0. The van der Waals surface area contributed by atoms with Crippen LogP contribution in [0.3, 0.4) is 0 Å². The van der Waals surface area contributed by atoms with Gasteiger partial charge in [0, 0.05) is 0 Å². The van der Waals surface area contributed by atoms with E-state index in [2.05, 4.69) is 5.48 Å². The van der Waals surface area contributed by atoms with E-state index >= 15 is 0 Å². The lowest BCUT2D eigenvalue weighted by molar-refractivity contribution is -0.156. The van der Waals surface area contributed by atoms with Crippen molar-refractivity contribution in [2.24, 2.45) is 0 Å². The molecule has 0 spiro atoms. The van der Waals surface area contributed by atoms with Gasteiger partial charge in [0.2, 0.25) is 0 Å². The Morgan fingerprint density at radius 2 is 1.11 bits per heavy atom. The first-order chi connectivity index (χ1) is 12.5. The second kappa shape index (κ2) is 13.7. The second-order valence-electron chi connectivity index (χ2n) is 7.63. The van der Waals surface area contributed by atoms with Crippen LogP contribution in [0, 0.1) is 0 Å². The first-order valence-corrected chi connectivity index (χ1v) is 9.05. The Kier molecular flexibility index (Phi) is 13.0. The molecule has 0 atom stereocenters. The maximum absolute atomic E-state index is 11.4. The third-order valence-corrected chi connectivity index (χ3v) is 2.50. The number of hydrogen-bond acceptors (Lipinski definition) is 8. The van der Waals surface area contributed by atoms with Gasteiger partial charge in [0.05, 0.1) is 52.7 Å². The number of carbonyl (C=O) groups excluding carboxylic acids is 2. The van der Waals surface area contributed by atoms with Gasteiger partial charge in [-0.25, -0.2) is 4.79 Å². The third-order valence-electron chi connectivity index (χ3n) is 2.50. The summed E-state index contributed by atoms with van der Waals surface area (Å²) in [4.78, 5) is 27.6. The smallest absolute Gasteiger partial charge is 0.431 e. The minimum absolute atomic E-state index is 0.201. The van der Waals surface area contributed by atoms with Crippen molar-refractivity contribution in [1.82, 2.24) is 5.48 Å². The molecular weight excluding hydrogens is 358 g/mol. The molecule has 0 heterocycles. The molecule has 0 saturated heterocycles. The number of amides is 1. The van der Waals surface area contributed by atoms with Gasteiger partial charge >= 0.3 is 12.1 Å². The minimum atomic E-state index is -0.641. The SMILES string of the molecule is CC(C)(C)OC(=O)CCOCCOCCOCCONC(=O)OC(C)(C)C. The zero-order valence-corrected chi connectivity index (χ0v) is 17.4. The van der Waals surface area contributed by atoms with Crippen LogP contribution in [0.2, 0.25) is 0 Å². The van der Waals surface area contributed by atoms with Crippen molar-refractivity contribution in [3.8, 4) is 0 Å². The van der Waals surface area contributed by atoms with Gasteiger partial charge in [0.1, 0.15) is 11.2 Å². The molecule has 0 fully saturated rings. The lowest BCUT2D eigenvalue weighted by Crippen LogP contribution is -2.33. The molecule has 0 aliphatic rings. The van der Waals surface area contributed by atoms with E-state index in [1.807, 2.05) is 20.8 Å². The van der Waals surface area contributed by atoms with Crippen LogP contribution in [-0.4, -0.2) is 69.5 Å². The van der Waals surface area contributed by atoms with Crippen molar-refractivity contribution in [3.63, 3.8) is 0 Å². The van der Waals surface area contributed by atoms with Crippen LogP contribution in [0.25, 0.3) is 0 Å². The number of rotatable bonds is 13. The fourth-order valence-electron chi connectivity index (χ4n) is 1.60. The summed E-state index contributed by atoms with van der Waals surface area (Å²) in [5.74, 6) is -0.278. The molecule has 0 aliphatic heterocycles. The summed E-state index contributed by atoms with van der Waals surface area (Å²) in [6.07, 6.45) is -0.421. The predicted molar refractivity (Wildman–Crippen MR) is 98.2 cm³/mol. The molecule has 1 N–H and O–H groups in total. The highest BCUT2D eigenvalue weighted by molar-refractivity contribution is 5.69. The van der Waals surface area contributed by atoms with Crippen LogP contribution in [0.4, 0.5) is 4.79 Å². The minimum Gasteiger partial charge on any atom is -0.460 e. The maximum Gasteiger partial charge on any atom is 0.431 e. The lowest BCUT2D eigenvalue weighted by Gasteiger charge is -2.19. The molecule has 0 saturated carbocycles. The average molecular weight is 393 g/mol. The zero-order chi connectivity index (χ0) is 20.8. The molecule has 0 aromatic heterocycles. The van der Waals surface area contributed by atoms with Crippen molar-refractivity contribution in [3.05, 3.63) is 0 Å². The van der Waals surface area contributed by atoms with Gasteiger partial charge in [-0.15, -0.1) is 0 Å². The molecule has 9 nitrogen and oxygen atoms in total. The van der Waals surface area contributed by atoms with Crippen LogP contribution in [0.5, 0.6) is 0 Å². The summed E-state index contributed by atoms with van der Waals surface area (Å²) in [5.41, 5.74) is 1.12. The molecule has 0 aliphatic carbocycles.